The van der Waals surface area contributed by atoms with Crippen molar-refractivity contribution >= 4 is 17.9 Å². The summed E-state index contributed by atoms with van der Waals surface area (Å²) in [6.07, 6.45) is 0.842. The highest BCUT2D eigenvalue weighted by atomic mass is 16.1. The Hall–Kier alpha value is -1.84. The van der Waals surface area contributed by atoms with Crippen molar-refractivity contribution in [1.29, 1.82) is 0 Å². The third-order valence-electron chi connectivity index (χ3n) is 1.84. The molecule has 0 bridgehead atoms. The minimum atomic E-state index is -0.0579. The van der Waals surface area contributed by atoms with Gasteiger partial charge in [-0.1, -0.05) is 12.1 Å². The van der Waals surface area contributed by atoms with Gasteiger partial charge in [-0.05, 0) is 12.1 Å². The Morgan fingerprint density at radius 1 is 1.43 bits per heavy atom. The quantitative estimate of drug-likeness (QED) is 0.310. The highest BCUT2D eigenvalue weighted by Crippen LogP contribution is 2.12. The van der Waals surface area contributed by atoms with E-state index in [0.29, 0.717) is 24.2 Å². The lowest BCUT2D eigenvalue weighted by Crippen LogP contribution is -2.16. The summed E-state index contributed by atoms with van der Waals surface area (Å²) < 4.78 is 0. The molecule has 1 aromatic rings. The molecule has 74 valence electrons. The van der Waals surface area contributed by atoms with Crippen molar-refractivity contribution in [3.05, 3.63) is 29.8 Å². The number of para-hydroxylation sites is 1. The molecule has 0 heterocycles. The molecule has 0 aliphatic heterocycles. The molecule has 4 heteroatoms. The van der Waals surface area contributed by atoms with Gasteiger partial charge in [0, 0.05) is 24.2 Å². The van der Waals surface area contributed by atoms with Crippen LogP contribution in [0.1, 0.15) is 16.8 Å². The number of nitrogens with one attached hydrogen (secondary N) is 1. The second kappa shape index (κ2) is 5.01. The third-order valence-corrected chi connectivity index (χ3v) is 1.84. The maximum atomic E-state index is 11.5. The van der Waals surface area contributed by atoms with Gasteiger partial charge < -0.3 is 11.1 Å². The Bertz CT molecular complexity index is 337. The molecule has 0 saturated heterocycles. The summed E-state index contributed by atoms with van der Waals surface area (Å²) in [5.74, 6) is -0.0579. The van der Waals surface area contributed by atoms with Crippen molar-refractivity contribution in [2.75, 3.05) is 12.3 Å². The van der Waals surface area contributed by atoms with Crippen molar-refractivity contribution in [3.63, 3.8) is 0 Å². The van der Waals surface area contributed by atoms with Gasteiger partial charge in [-0.3, -0.25) is 9.59 Å². The number of carbonyl (C=O) groups excluding carboxylic acids is 2. The predicted octanol–water partition coefficient (Wildman–Crippen LogP) is 0.588. The van der Waals surface area contributed by atoms with Gasteiger partial charge in [0.2, 0.25) is 6.41 Å². The number of rotatable bonds is 5. The molecule has 1 aromatic carbocycles. The molecule has 0 aliphatic carbocycles. The minimum Gasteiger partial charge on any atom is -0.398 e. The van der Waals surface area contributed by atoms with E-state index in [2.05, 4.69) is 5.32 Å². The van der Waals surface area contributed by atoms with Crippen molar-refractivity contribution in [2.24, 2.45) is 0 Å². The number of amides is 1. The summed E-state index contributed by atoms with van der Waals surface area (Å²) in [4.78, 5) is 21.4. The van der Waals surface area contributed by atoms with Crippen LogP contribution in [0.4, 0.5) is 5.69 Å². The molecule has 14 heavy (non-hydrogen) atoms. The number of ketones is 1. The van der Waals surface area contributed by atoms with Gasteiger partial charge in [0.1, 0.15) is 0 Å². The summed E-state index contributed by atoms with van der Waals surface area (Å²) in [6, 6.07) is 6.89. The highest BCUT2D eigenvalue weighted by molar-refractivity contribution is 6.00. The zero-order valence-electron chi connectivity index (χ0n) is 7.69. The molecule has 0 aromatic heterocycles. The maximum absolute atomic E-state index is 11.5. The normalized spacial score (nSPS) is 9.43. The van der Waals surface area contributed by atoms with E-state index in [1.807, 2.05) is 0 Å². The number of nitrogens with two attached hydrogens (primary N) is 1. The van der Waals surface area contributed by atoms with Crippen LogP contribution in [0.5, 0.6) is 0 Å². The van der Waals surface area contributed by atoms with E-state index in [0.717, 1.165) is 0 Å². The molecule has 1 amide bonds. The van der Waals surface area contributed by atoms with Crippen LogP contribution in [0.25, 0.3) is 0 Å². The van der Waals surface area contributed by atoms with E-state index in [-0.39, 0.29) is 12.2 Å². The van der Waals surface area contributed by atoms with E-state index in [9.17, 15) is 9.59 Å². The molecule has 4 nitrogen and oxygen atoms in total. The number of anilines is 1. The van der Waals surface area contributed by atoms with Crippen LogP contribution in [-0.2, 0) is 4.79 Å². The fourth-order valence-electron chi connectivity index (χ4n) is 1.13. The predicted molar refractivity (Wildman–Crippen MR) is 53.9 cm³/mol. The molecule has 0 unspecified atom stereocenters. The molecule has 0 radical (unpaired) electrons. The van der Waals surface area contributed by atoms with Crippen LogP contribution < -0.4 is 11.1 Å². The van der Waals surface area contributed by atoms with E-state index in [1.54, 1.807) is 24.3 Å². The highest BCUT2D eigenvalue weighted by Gasteiger charge is 2.07. The van der Waals surface area contributed by atoms with Crippen LogP contribution in [0.15, 0.2) is 24.3 Å². The first-order chi connectivity index (χ1) is 6.75. The van der Waals surface area contributed by atoms with Crippen LogP contribution in [0.3, 0.4) is 0 Å². The van der Waals surface area contributed by atoms with Gasteiger partial charge in [-0.15, -0.1) is 0 Å². The number of hydrogen-bond donors (Lipinski definition) is 2. The first-order valence-electron chi connectivity index (χ1n) is 4.30. The number of benzene rings is 1. The number of hydrogen-bond acceptors (Lipinski definition) is 3. The summed E-state index contributed by atoms with van der Waals surface area (Å²) >= 11 is 0. The number of Topliss-reactive ketones (excluding diaryl/α,β-unsaturated/α-hetero) is 1. The van der Waals surface area contributed by atoms with Gasteiger partial charge in [0.05, 0.1) is 0 Å². The lowest BCUT2D eigenvalue weighted by atomic mass is 10.1. The van der Waals surface area contributed by atoms with Crippen molar-refractivity contribution < 1.29 is 9.59 Å². The molecule has 1 rings (SSSR count). The van der Waals surface area contributed by atoms with E-state index in [4.69, 9.17) is 5.73 Å². The maximum Gasteiger partial charge on any atom is 0.207 e. The summed E-state index contributed by atoms with van der Waals surface area (Å²) in [5.41, 5.74) is 6.60. The molecule has 0 fully saturated rings. The third kappa shape index (κ3) is 2.58. The molecule has 0 atom stereocenters. The van der Waals surface area contributed by atoms with Crippen molar-refractivity contribution in [3.8, 4) is 0 Å². The monoisotopic (exact) mass is 192 g/mol. The smallest absolute Gasteiger partial charge is 0.207 e. The zero-order chi connectivity index (χ0) is 10.4. The Balaban J connectivity index is 2.60. The van der Waals surface area contributed by atoms with Gasteiger partial charge in [-0.2, -0.15) is 0 Å². The molecule has 0 spiro atoms. The summed E-state index contributed by atoms with van der Waals surface area (Å²) in [7, 11) is 0. The average molecular weight is 192 g/mol. The minimum absolute atomic E-state index is 0.0579. The Morgan fingerprint density at radius 2 is 2.14 bits per heavy atom. The molecule has 0 aliphatic rings. The van der Waals surface area contributed by atoms with E-state index < -0.39 is 0 Å². The Morgan fingerprint density at radius 3 is 2.79 bits per heavy atom. The van der Waals surface area contributed by atoms with Gasteiger partial charge in [0.25, 0.3) is 0 Å². The van der Waals surface area contributed by atoms with E-state index in [1.165, 1.54) is 0 Å². The molecular formula is C10H12N2O2. The second-order valence-corrected chi connectivity index (χ2v) is 2.83. The molecular weight excluding hydrogens is 180 g/mol. The number of nitrogen functional groups attached to an aromatic ring is 1. The topological polar surface area (TPSA) is 72.2 Å². The summed E-state index contributed by atoms with van der Waals surface area (Å²) in [5, 5.41) is 2.43. The van der Waals surface area contributed by atoms with Crippen molar-refractivity contribution in [1.82, 2.24) is 5.32 Å². The van der Waals surface area contributed by atoms with Gasteiger partial charge in [-0.25, -0.2) is 0 Å². The van der Waals surface area contributed by atoms with Crippen LogP contribution in [-0.4, -0.2) is 18.7 Å². The van der Waals surface area contributed by atoms with Crippen molar-refractivity contribution in [2.45, 2.75) is 6.42 Å². The van der Waals surface area contributed by atoms with Crippen LogP contribution in [0, 0.1) is 0 Å². The SMILES string of the molecule is Nc1ccccc1C(=O)CCNC=O. The van der Waals surface area contributed by atoms with E-state index >= 15 is 0 Å². The Kier molecular flexibility index (Phi) is 3.67. The second-order valence-electron chi connectivity index (χ2n) is 2.83. The first-order valence-corrected chi connectivity index (χ1v) is 4.30. The lowest BCUT2D eigenvalue weighted by Gasteiger charge is -2.03. The Labute approximate surface area is 82.1 Å². The fraction of sp³-hybridized carbons (Fsp3) is 0.200. The average Bonchev–Trinajstić information content (AvgIpc) is 2.18. The summed E-state index contributed by atoms with van der Waals surface area (Å²) in [6.45, 7) is 0.344. The molecule has 3 N–H and O–H groups in total. The fourth-order valence-corrected chi connectivity index (χ4v) is 1.13. The number of carbonyl (C=O) groups is 2. The zero-order valence-corrected chi connectivity index (χ0v) is 7.69. The van der Waals surface area contributed by atoms with Crippen LogP contribution in [0.2, 0.25) is 0 Å². The first kappa shape index (κ1) is 10.2. The van der Waals surface area contributed by atoms with Crippen LogP contribution >= 0.6 is 0 Å². The lowest BCUT2D eigenvalue weighted by molar-refractivity contribution is -0.109. The van der Waals surface area contributed by atoms with Gasteiger partial charge >= 0.3 is 0 Å². The largest absolute Gasteiger partial charge is 0.398 e. The standard InChI is InChI=1S/C10H12N2O2/c11-9-4-2-1-3-8(9)10(14)5-6-12-7-13/h1-4,7H,5-6,11H2,(H,12,13). The van der Waals surface area contributed by atoms with Gasteiger partial charge in [0.15, 0.2) is 5.78 Å². The molecule has 0 saturated carbocycles.